The summed E-state index contributed by atoms with van der Waals surface area (Å²) in [5.74, 6) is -0.370. The lowest BCUT2D eigenvalue weighted by molar-refractivity contribution is -0.0485. The summed E-state index contributed by atoms with van der Waals surface area (Å²) in [6, 6.07) is 6.98. The number of halogens is 1. The summed E-state index contributed by atoms with van der Waals surface area (Å²) in [7, 11) is 1.34. The maximum atomic E-state index is 12.6. The first kappa shape index (κ1) is 13.0. The fourth-order valence-corrected chi connectivity index (χ4v) is 1.94. The average Bonchev–Trinajstić information content (AvgIpc) is 2.46. The van der Waals surface area contributed by atoms with E-state index in [0.717, 1.165) is 5.56 Å². The maximum absolute atomic E-state index is 12.6. The number of alkyl halides is 1. The molecule has 0 spiro atoms. The number of carbonyl (C=O) groups is 1. The minimum atomic E-state index is -0.496. The Morgan fingerprint density at radius 3 is 2.78 bits per heavy atom. The summed E-state index contributed by atoms with van der Waals surface area (Å²) in [6.07, 6.45) is -0.574. The molecule has 1 aromatic carbocycles. The number of rotatable bonds is 3. The molecule has 0 aromatic heterocycles. The van der Waals surface area contributed by atoms with E-state index in [1.807, 2.05) is 0 Å². The lowest BCUT2D eigenvalue weighted by atomic mass is 10.1. The summed E-state index contributed by atoms with van der Waals surface area (Å²) in [6.45, 7) is 0.686. The van der Waals surface area contributed by atoms with Gasteiger partial charge in [-0.25, -0.2) is 9.18 Å². The third kappa shape index (κ3) is 2.86. The van der Waals surface area contributed by atoms with Gasteiger partial charge in [-0.15, -0.1) is 0 Å². The van der Waals surface area contributed by atoms with Crippen molar-refractivity contribution in [2.45, 2.75) is 12.2 Å². The standard InChI is InChI=1S/C13H16FNO3/c1-17-13(16)10-4-2-9(3-5-10)12-8-15-7-11(6-14)18-12/h2-5,11-12,15H,6-8H2,1H3. The number of ether oxygens (including phenoxy) is 2. The van der Waals surface area contributed by atoms with Crippen molar-refractivity contribution in [3.05, 3.63) is 35.4 Å². The largest absolute Gasteiger partial charge is 0.465 e. The van der Waals surface area contributed by atoms with Crippen molar-refractivity contribution < 1.29 is 18.7 Å². The van der Waals surface area contributed by atoms with Gasteiger partial charge in [0.05, 0.1) is 24.9 Å². The molecule has 0 amide bonds. The zero-order valence-corrected chi connectivity index (χ0v) is 10.2. The SMILES string of the molecule is COC(=O)c1ccc(C2CNCC(CF)O2)cc1. The van der Waals surface area contributed by atoms with Crippen LogP contribution in [0.15, 0.2) is 24.3 Å². The van der Waals surface area contributed by atoms with E-state index < -0.39 is 12.8 Å². The summed E-state index contributed by atoms with van der Waals surface area (Å²) in [5, 5.41) is 3.13. The first-order valence-electron chi connectivity index (χ1n) is 5.85. The van der Waals surface area contributed by atoms with E-state index in [1.54, 1.807) is 24.3 Å². The number of carbonyl (C=O) groups excluding carboxylic acids is 1. The Bertz CT molecular complexity index is 407. The topological polar surface area (TPSA) is 47.6 Å². The number of hydrogen-bond donors (Lipinski definition) is 1. The Hall–Kier alpha value is -1.46. The van der Waals surface area contributed by atoms with Gasteiger partial charge in [-0.05, 0) is 17.7 Å². The summed E-state index contributed by atoms with van der Waals surface area (Å²) in [5.41, 5.74) is 1.42. The molecular weight excluding hydrogens is 237 g/mol. The van der Waals surface area contributed by atoms with Crippen LogP contribution < -0.4 is 5.32 Å². The second-order valence-electron chi connectivity index (χ2n) is 4.17. The molecule has 0 aliphatic carbocycles. The Balaban J connectivity index is 2.07. The third-order valence-electron chi connectivity index (χ3n) is 2.93. The van der Waals surface area contributed by atoms with Crippen LogP contribution in [-0.4, -0.2) is 38.9 Å². The van der Waals surface area contributed by atoms with Crippen LogP contribution in [0.2, 0.25) is 0 Å². The molecule has 1 heterocycles. The quantitative estimate of drug-likeness (QED) is 0.829. The zero-order chi connectivity index (χ0) is 13.0. The highest BCUT2D eigenvalue weighted by atomic mass is 19.1. The number of nitrogens with one attached hydrogen (secondary N) is 1. The molecule has 1 aliphatic heterocycles. The third-order valence-corrected chi connectivity index (χ3v) is 2.93. The predicted molar refractivity (Wildman–Crippen MR) is 64.2 cm³/mol. The van der Waals surface area contributed by atoms with Gasteiger partial charge in [0.2, 0.25) is 0 Å². The Labute approximate surface area is 105 Å². The fourth-order valence-electron chi connectivity index (χ4n) is 1.94. The van der Waals surface area contributed by atoms with Gasteiger partial charge in [0.15, 0.2) is 0 Å². The summed E-state index contributed by atoms with van der Waals surface area (Å²) >= 11 is 0. The fraction of sp³-hybridized carbons (Fsp3) is 0.462. The van der Waals surface area contributed by atoms with Crippen LogP contribution >= 0.6 is 0 Å². The van der Waals surface area contributed by atoms with Gasteiger partial charge in [0, 0.05) is 13.1 Å². The normalized spacial score (nSPS) is 23.7. The molecule has 1 fully saturated rings. The molecule has 5 heteroatoms. The number of morpholine rings is 1. The van der Waals surface area contributed by atoms with Crippen LogP contribution in [0.4, 0.5) is 4.39 Å². The van der Waals surface area contributed by atoms with Crippen molar-refractivity contribution in [2.75, 3.05) is 26.9 Å². The second kappa shape index (κ2) is 5.93. The predicted octanol–water partition coefficient (Wildman–Crippen LogP) is 1.47. The minimum Gasteiger partial charge on any atom is -0.465 e. The first-order chi connectivity index (χ1) is 8.74. The van der Waals surface area contributed by atoms with E-state index in [4.69, 9.17) is 4.74 Å². The summed E-state index contributed by atoms with van der Waals surface area (Å²) in [4.78, 5) is 11.3. The molecule has 2 atom stereocenters. The molecule has 1 aliphatic rings. The molecule has 1 saturated heterocycles. The molecule has 1 aromatic rings. The van der Waals surface area contributed by atoms with Gasteiger partial charge >= 0.3 is 5.97 Å². The first-order valence-corrected chi connectivity index (χ1v) is 5.85. The van der Waals surface area contributed by atoms with Crippen molar-refractivity contribution in [3.8, 4) is 0 Å². The van der Waals surface area contributed by atoms with E-state index >= 15 is 0 Å². The molecule has 0 radical (unpaired) electrons. The van der Waals surface area contributed by atoms with E-state index in [9.17, 15) is 9.18 Å². The van der Waals surface area contributed by atoms with Crippen molar-refractivity contribution in [1.82, 2.24) is 5.32 Å². The molecule has 0 saturated carbocycles. The van der Waals surface area contributed by atoms with Gasteiger partial charge in [-0.2, -0.15) is 0 Å². The van der Waals surface area contributed by atoms with Crippen LogP contribution in [-0.2, 0) is 9.47 Å². The molecule has 2 rings (SSSR count). The number of methoxy groups -OCH3 is 1. The van der Waals surface area contributed by atoms with Gasteiger partial charge in [0.25, 0.3) is 0 Å². The molecule has 0 bridgehead atoms. The van der Waals surface area contributed by atoms with Crippen LogP contribution in [0.1, 0.15) is 22.0 Å². The van der Waals surface area contributed by atoms with Gasteiger partial charge in [-0.3, -0.25) is 0 Å². The summed E-state index contributed by atoms with van der Waals surface area (Å²) < 4.78 is 22.8. The van der Waals surface area contributed by atoms with Crippen LogP contribution in [0.5, 0.6) is 0 Å². The Morgan fingerprint density at radius 1 is 1.44 bits per heavy atom. The van der Waals surface area contributed by atoms with E-state index in [1.165, 1.54) is 7.11 Å². The average molecular weight is 253 g/mol. The van der Waals surface area contributed by atoms with Crippen molar-refractivity contribution in [2.24, 2.45) is 0 Å². The van der Waals surface area contributed by atoms with Gasteiger partial charge < -0.3 is 14.8 Å². The van der Waals surface area contributed by atoms with E-state index in [2.05, 4.69) is 10.1 Å². The highest BCUT2D eigenvalue weighted by molar-refractivity contribution is 5.89. The van der Waals surface area contributed by atoms with Crippen molar-refractivity contribution in [3.63, 3.8) is 0 Å². The van der Waals surface area contributed by atoms with Crippen LogP contribution in [0.3, 0.4) is 0 Å². The van der Waals surface area contributed by atoms with Crippen LogP contribution in [0, 0.1) is 0 Å². The number of benzene rings is 1. The molecule has 4 nitrogen and oxygen atoms in total. The smallest absolute Gasteiger partial charge is 0.337 e. The number of esters is 1. The number of hydrogen-bond acceptors (Lipinski definition) is 4. The van der Waals surface area contributed by atoms with E-state index in [0.29, 0.717) is 18.7 Å². The molecule has 2 unspecified atom stereocenters. The highest BCUT2D eigenvalue weighted by Crippen LogP contribution is 2.22. The molecule has 98 valence electrons. The lowest BCUT2D eigenvalue weighted by Crippen LogP contribution is -2.41. The Morgan fingerprint density at radius 2 is 2.17 bits per heavy atom. The van der Waals surface area contributed by atoms with Crippen molar-refractivity contribution in [1.29, 1.82) is 0 Å². The van der Waals surface area contributed by atoms with E-state index in [-0.39, 0.29) is 12.1 Å². The van der Waals surface area contributed by atoms with Gasteiger partial charge in [-0.1, -0.05) is 12.1 Å². The molecule has 1 N–H and O–H groups in total. The zero-order valence-electron chi connectivity index (χ0n) is 10.2. The lowest BCUT2D eigenvalue weighted by Gasteiger charge is -2.29. The van der Waals surface area contributed by atoms with Gasteiger partial charge in [0.1, 0.15) is 6.67 Å². The monoisotopic (exact) mass is 253 g/mol. The highest BCUT2D eigenvalue weighted by Gasteiger charge is 2.23. The Kier molecular flexibility index (Phi) is 4.28. The minimum absolute atomic E-state index is 0.175. The van der Waals surface area contributed by atoms with Crippen LogP contribution in [0.25, 0.3) is 0 Å². The molecule has 18 heavy (non-hydrogen) atoms. The second-order valence-corrected chi connectivity index (χ2v) is 4.17. The maximum Gasteiger partial charge on any atom is 0.337 e. The van der Waals surface area contributed by atoms with Crippen molar-refractivity contribution >= 4 is 5.97 Å². The molecular formula is C13H16FNO3.